The van der Waals surface area contributed by atoms with Crippen LogP contribution in [0.1, 0.15) is 27.5 Å². The van der Waals surface area contributed by atoms with Gasteiger partial charge in [-0.25, -0.2) is 4.98 Å². The molecule has 1 aliphatic heterocycles. The van der Waals surface area contributed by atoms with Crippen LogP contribution >= 0.6 is 11.3 Å². The van der Waals surface area contributed by atoms with E-state index in [0.29, 0.717) is 25.5 Å². The van der Waals surface area contributed by atoms with Crippen molar-refractivity contribution in [1.29, 1.82) is 0 Å². The quantitative estimate of drug-likeness (QED) is 0.946. The highest BCUT2D eigenvalue weighted by atomic mass is 32.1. The first kappa shape index (κ1) is 13.9. The molecule has 0 unspecified atom stereocenters. The minimum absolute atomic E-state index is 0.161. The van der Waals surface area contributed by atoms with Crippen LogP contribution < -0.4 is 14.8 Å². The average molecular weight is 304 g/mol. The predicted molar refractivity (Wildman–Crippen MR) is 80.1 cm³/mol. The number of rotatable bonds is 3. The maximum absolute atomic E-state index is 12.0. The van der Waals surface area contributed by atoms with E-state index in [0.717, 1.165) is 28.5 Å². The number of nitrogens with zero attached hydrogens (tertiary/aromatic N) is 1. The number of carbonyl (C=O) groups is 1. The summed E-state index contributed by atoms with van der Waals surface area (Å²) in [5, 5.41) is 5.51. The van der Waals surface area contributed by atoms with E-state index in [1.807, 2.05) is 25.1 Å². The highest BCUT2D eigenvalue weighted by molar-refractivity contribution is 7.09. The fourth-order valence-electron chi connectivity index (χ4n) is 2.06. The van der Waals surface area contributed by atoms with Crippen LogP contribution in [0.2, 0.25) is 0 Å². The lowest BCUT2D eigenvalue weighted by molar-refractivity contribution is 0.0946. The molecule has 5 nitrogen and oxygen atoms in total. The molecule has 0 fully saturated rings. The molecule has 1 amide bonds. The molecule has 0 saturated carbocycles. The molecule has 0 spiro atoms. The predicted octanol–water partition coefficient (Wildman–Crippen LogP) is 2.54. The zero-order valence-corrected chi connectivity index (χ0v) is 12.5. The zero-order valence-electron chi connectivity index (χ0n) is 11.7. The summed E-state index contributed by atoms with van der Waals surface area (Å²) < 4.78 is 11.2. The Morgan fingerprint density at radius 1 is 1.33 bits per heavy atom. The summed E-state index contributed by atoms with van der Waals surface area (Å²) in [6, 6.07) is 5.72. The topological polar surface area (TPSA) is 60.5 Å². The number of thiazole rings is 1. The highest BCUT2D eigenvalue weighted by Crippen LogP contribution is 2.30. The Bertz CT molecular complexity index is 654. The van der Waals surface area contributed by atoms with Crippen molar-refractivity contribution >= 4 is 17.2 Å². The van der Waals surface area contributed by atoms with Gasteiger partial charge in [-0.2, -0.15) is 0 Å². The second-order valence-electron chi connectivity index (χ2n) is 4.77. The Morgan fingerprint density at radius 2 is 2.14 bits per heavy atom. The van der Waals surface area contributed by atoms with Gasteiger partial charge in [-0.3, -0.25) is 4.79 Å². The van der Waals surface area contributed by atoms with Crippen molar-refractivity contribution in [2.24, 2.45) is 0 Å². The number of carbonyl (C=O) groups excluding carboxylic acids is 1. The largest absolute Gasteiger partial charge is 0.490 e. The first-order chi connectivity index (χ1) is 10.2. The lowest BCUT2D eigenvalue weighted by atomic mass is 10.2. The van der Waals surface area contributed by atoms with Gasteiger partial charge >= 0.3 is 0 Å². The normalized spacial score (nSPS) is 13.6. The Morgan fingerprint density at radius 3 is 2.90 bits per heavy atom. The standard InChI is InChI=1S/C15H16N2O3S/c1-10-17-12(9-21-10)15(18)16-8-11-3-4-13-14(7-11)20-6-2-5-19-13/h3-4,7,9H,2,5-6,8H2,1H3,(H,16,18). The lowest BCUT2D eigenvalue weighted by Gasteiger charge is -2.09. The van der Waals surface area contributed by atoms with Gasteiger partial charge in [0.2, 0.25) is 0 Å². The van der Waals surface area contributed by atoms with Crippen LogP contribution in [0.25, 0.3) is 0 Å². The number of aryl methyl sites for hydroxylation is 1. The Hall–Kier alpha value is -2.08. The SMILES string of the molecule is Cc1nc(C(=O)NCc2ccc3c(c2)OCCCO3)cs1. The molecule has 0 bridgehead atoms. The second-order valence-corrected chi connectivity index (χ2v) is 5.83. The second kappa shape index (κ2) is 6.13. The van der Waals surface area contributed by atoms with Crippen molar-refractivity contribution in [3.05, 3.63) is 39.8 Å². The summed E-state index contributed by atoms with van der Waals surface area (Å²) in [6.07, 6.45) is 0.879. The maximum atomic E-state index is 12.0. The van der Waals surface area contributed by atoms with E-state index < -0.39 is 0 Å². The summed E-state index contributed by atoms with van der Waals surface area (Å²) in [5.74, 6) is 1.34. The molecule has 1 aromatic carbocycles. The average Bonchev–Trinajstić information content (AvgIpc) is 2.79. The molecular formula is C15H16N2O3S. The van der Waals surface area contributed by atoms with Crippen LogP contribution in [0.15, 0.2) is 23.6 Å². The number of fused-ring (bicyclic) bond motifs is 1. The van der Waals surface area contributed by atoms with Gasteiger partial charge < -0.3 is 14.8 Å². The molecule has 0 aliphatic carbocycles. The van der Waals surface area contributed by atoms with E-state index in [-0.39, 0.29) is 5.91 Å². The van der Waals surface area contributed by atoms with Gasteiger partial charge in [-0.05, 0) is 24.6 Å². The number of amides is 1. The number of hydrogen-bond donors (Lipinski definition) is 1. The van der Waals surface area contributed by atoms with Gasteiger partial charge in [0.15, 0.2) is 11.5 Å². The van der Waals surface area contributed by atoms with Crippen LogP contribution in [0.4, 0.5) is 0 Å². The highest BCUT2D eigenvalue weighted by Gasteiger charge is 2.12. The molecule has 2 heterocycles. The third-order valence-corrected chi connectivity index (χ3v) is 3.89. The Balaban J connectivity index is 1.65. The van der Waals surface area contributed by atoms with Crippen molar-refractivity contribution in [3.63, 3.8) is 0 Å². The van der Waals surface area contributed by atoms with E-state index in [1.165, 1.54) is 11.3 Å². The minimum atomic E-state index is -0.161. The van der Waals surface area contributed by atoms with E-state index in [2.05, 4.69) is 10.3 Å². The smallest absolute Gasteiger partial charge is 0.271 e. The van der Waals surface area contributed by atoms with Crippen molar-refractivity contribution < 1.29 is 14.3 Å². The van der Waals surface area contributed by atoms with Crippen LogP contribution in [-0.4, -0.2) is 24.1 Å². The summed E-state index contributed by atoms with van der Waals surface area (Å²) >= 11 is 1.47. The molecule has 3 rings (SSSR count). The molecule has 0 atom stereocenters. The number of ether oxygens (including phenoxy) is 2. The summed E-state index contributed by atoms with van der Waals surface area (Å²) in [6.45, 7) is 3.64. The fraction of sp³-hybridized carbons (Fsp3) is 0.333. The molecular weight excluding hydrogens is 288 g/mol. The molecule has 2 aromatic rings. The molecule has 0 radical (unpaired) electrons. The van der Waals surface area contributed by atoms with E-state index in [4.69, 9.17) is 9.47 Å². The first-order valence-electron chi connectivity index (χ1n) is 6.81. The van der Waals surface area contributed by atoms with Gasteiger partial charge in [-0.15, -0.1) is 11.3 Å². The maximum Gasteiger partial charge on any atom is 0.271 e. The Kier molecular flexibility index (Phi) is 4.06. The number of aromatic nitrogens is 1. The van der Waals surface area contributed by atoms with Gasteiger partial charge in [0.25, 0.3) is 5.91 Å². The van der Waals surface area contributed by atoms with Crippen LogP contribution in [0.5, 0.6) is 11.5 Å². The molecule has 1 aromatic heterocycles. The van der Waals surface area contributed by atoms with Crippen molar-refractivity contribution in [3.8, 4) is 11.5 Å². The van der Waals surface area contributed by atoms with Crippen LogP contribution in [0.3, 0.4) is 0 Å². The van der Waals surface area contributed by atoms with Gasteiger partial charge in [0, 0.05) is 18.3 Å². The van der Waals surface area contributed by atoms with Gasteiger partial charge in [-0.1, -0.05) is 6.07 Å². The first-order valence-corrected chi connectivity index (χ1v) is 7.69. The minimum Gasteiger partial charge on any atom is -0.490 e. The third-order valence-electron chi connectivity index (χ3n) is 3.12. The van der Waals surface area contributed by atoms with E-state index >= 15 is 0 Å². The Labute approximate surface area is 126 Å². The zero-order chi connectivity index (χ0) is 14.7. The molecule has 1 N–H and O–H groups in total. The number of benzene rings is 1. The van der Waals surface area contributed by atoms with E-state index in [9.17, 15) is 4.79 Å². The number of hydrogen-bond acceptors (Lipinski definition) is 5. The summed E-state index contributed by atoms with van der Waals surface area (Å²) in [5.41, 5.74) is 1.44. The monoisotopic (exact) mass is 304 g/mol. The van der Waals surface area contributed by atoms with Crippen molar-refractivity contribution in [1.82, 2.24) is 10.3 Å². The molecule has 6 heteroatoms. The van der Waals surface area contributed by atoms with Gasteiger partial charge in [0.05, 0.1) is 18.2 Å². The van der Waals surface area contributed by atoms with Crippen LogP contribution in [-0.2, 0) is 6.54 Å². The lowest BCUT2D eigenvalue weighted by Crippen LogP contribution is -2.23. The van der Waals surface area contributed by atoms with Crippen LogP contribution in [0, 0.1) is 6.92 Å². The molecule has 0 saturated heterocycles. The molecule has 110 valence electrons. The third kappa shape index (κ3) is 3.33. The number of nitrogens with one attached hydrogen (secondary N) is 1. The van der Waals surface area contributed by atoms with E-state index in [1.54, 1.807) is 5.38 Å². The molecule has 1 aliphatic rings. The van der Waals surface area contributed by atoms with Crippen molar-refractivity contribution in [2.75, 3.05) is 13.2 Å². The summed E-state index contributed by atoms with van der Waals surface area (Å²) in [7, 11) is 0. The van der Waals surface area contributed by atoms with Crippen molar-refractivity contribution in [2.45, 2.75) is 19.9 Å². The molecule has 21 heavy (non-hydrogen) atoms. The fourth-order valence-corrected chi connectivity index (χ4v) is 2.65. The summed E-state index contributed by atoms with van der Waals surface area (Å²) in [4.78, 5) is 16.1. The van der Waals surface area contributed by atoms with Gasteiger partial charge in [0.1, 0.15) is 5.69 Å².